The molecule has 2 aliphatic heterocycles. The van der Waals surface area contributed by atoms with Crippen molar-refractivity contribution in [3.63, 3.8) is 0 Å². The van der Waals surface area contributed by atoms with Crippen molar-refractivity contribution in [1.82, 2.24) is 30.2 Å². The van der Waals surface area contributed by atoms with Gasteiger partial charge in [-0.15, -0.1) is 5.10 Å². The van der Waals surface area contributed by atoms with E-state index in [0.717, 1.165) is 16.5 Å². The zero-order valence-corrected chi connectivity index (χ0v) is 19.3. The van der Waals surface area contributed by atoms with Crippen LogP contribution in [0.5, 0.6) is 0 Å². The Labute approximate surface area is 204 Å². The highest BCUT2D eigenvalue weighted by Crippen LogP contribution is 2.29. The molecule has 36 heavy (non-hydrogen) atoms. The minimum absolute atomic E-state index is 0.172. The highest BCUT2D eigenvalue weighted by molar-refractivity contribution is 6.06. The van der Waals surface area contributed by atoms with Gasteiger partial charge in [-0.3, -0.25) is 24.5 Å². The van der Waals surface area contributed by atoms with Gasteiger partial charge in [0, 0.05) is 43.0 Å². The van der Waals surface area contributed by atoms with Gasteiger partial charge in [0.15, 0.2) is 5.69 Å². The molecule has 0 bridgehead atoms. The lowest BCUT2D eigenvalue weighted by Gasteiger charge is -2.29. The van der Waals surface area contributed by atoms with Crippen LogP contribution in [0, 0.1) is 0 Å². The van der Waals surface area contributed by atoms with Gasteiger partial charge in [0.25, 0.3) is 11.8 Å². The minimum Gasteiger partial charge on any atom is -0.361 e. The van der Waals surface area contributed by atoms with Gasteiger partial charge in [-0.25, -0.2) is 4.68 Å². The Kier molecular flexibility index (Phi) is 4.92. The largest absolute Gasteiger partial charge is 0.361 e. The van der Waals surface area contributed by atoms with Crippen molar-refractivity contribution in [3.05, 3.63) is 71.7 Å². The van der Waals surface area contributed by atoms with E-state index in [1.54, 1.807) is 31.4 Å². The summed E-state index contributed by atoms with van der Waals surface area (Å²) in [4.78, 5) is 55.8. The summed E-state index contributed by atoms with van der Waals surface area (Å²) in [6, 6.07) is 12.2. The molecule has 1 fully saturated rings. The Morgan fingerprint density at radius 2 is 1.97 bits per heavy atom. The molecular weight excluding hydrogens is 462 g/mol. The van der Waals surface area contributed by atoms with Crippen LogP contribution in [0.2, 0.25) is 0 Å². The molecule has 2 aromatic heterocycles. The molecule has 1 saturated heterocycles. The van der Waals surface area contributed by atoms with Crippen molar-refractivity contribution in [2.24, 2.45) is 0 Å². The maximum atomic E-state index is 13.1. The third-order valence-electron chi connectivity index (χ3n) is 6.71. The average molecular weight is 483 g/mol. The molecule has 0 spiro atoms. The molecule has 2 aliphatic rings. The zero-order chi connectivity index (χ0) is 25.0. The number of aromatic nitrogens is 4. The van der Waals surface area contributed by atoms with E-state index in [0.29, 0.717) is 23.4 Å². The fraction of sp³-hybridized carbons (Fsp3) is 0.200. The summed E-state index contributed by atoms with van der Waals surface area (Å²) in [5.74, 6) is -1.34. The van der Waals surface area contributed by atoms with Crippen LogP contribution in [0.4, 0.5) is 5.69 Å². The van der Waals surface area contributed by atoms with Crippen LogP contribution >= 0.6 is 0 Å². The molecule has 4 amide bonds. The van der Waals surface area contributed by atoms with E-state index in [9.17, 15) is 19.2 Å². The first-order valence-corrected chi connectivity index (χ1v) is 11.4. The van der Waals surface area contributed by atoms with Crippen LogP contribution in [0.3, 0.4) is 0 Å². The summed E-state index contributed by atoms with van der Waals surface area (Å²) >= 11 is 0. The maximum Gasteiger partial charge on any atom is 0.280 e. The molecule has 0 radical (unpaired) electrons. The number of carbonyl (C=O) groups is 4. The molecule has 180 valence electrons. The number of hydrogen-bond donors (Lipinski definition) is 2. The lowest BCUT2D eigenvalue weighted by molar-refractivity contribution is -0.136. The number of imide groups is 1. The van der Waals surface area contributed by atoms with Gasteiger partial charge < -0.3 is 14.8 Å². The van der Waals surface area contributed by atoms with Gasteiger partial charge in [-0.2, -0.15) is 0 Å². The topological polar surface area (TPSA) is 133 Å². The number of H-pyrrole nitrogens is 1. The van der Waals surface area contributed by atoms with Crippen molar-refractivity contribution >= 4 is 40.2 Å². The molecular formula is C25H21N7O4. The molecule has 11 nitrogen and oxygen atoms in total. The maximum absolute atomic E-state index is 13.1. The van der Waals surface area contributed by atoms with Crippen LogP contribution in [-0.2, 0) is 16.1 Å². The predicted octanol–water partition coefficient (Wildman–Crippen LogP) is 1.79. The van der Waals surface area contributed by atoms with Crippen molar-refractivity contribution in [3.8, 4) is 5.69 Å². The number of aromatic amines is 1. The number of piperidine rings is 1. The molecule has 1 unspecified atom stereocenters. The van der Waals surface area contributed by atoms with Gasteiger partial charge in [-0.1, -0.05) is 11.3 Å². The SMILES string of the molecule is CN(C(=O)c1cn(-c2ccc3c(c2)CN(C2CCC(=O)NC2=O)C3=O)nn1)c1ccc2cc[nH]c2c1. The summed E-state index contributed by atoms with van der Waals surface area (Å²) < 4.78 is 1.48. The third kappa shape index (κ3) is 3.52. The highest BCUT2D eigenvalue weighted by atomic mass is 16.2. The van der Waals surface area contributed by atoms with Gasteiger partial charge in [0.05, 0.1) is 11.9 Å². The molecule has 4 heterocycles. The van der Waals surface area contributed by atoms with Crippen LogP contribution < -0.4 is 10.2 Å². The third-order valence-corrected chi connectivity index (χ3v) is 6.71. The Morgan fingerprint density at radius 1 is 1.11 bits per heavy atom. The molecule has 6 rings (SSSR count). The second-order valence-electron chi connectivity index (χ2n) is 8.90. The Balaban J connectivity index is 1.22. The molecule has 4 aromatic rings. The van der Waals surface area contributed by atoms with Crippen LogP contribution in [0.1, 0.15) is 39.3 Å². The van der Waals surface area contributed by atoms with E-state index in [-0.39, 0.29) is 36.4 Å². The van der Waals surface area contributed by atoms with E-state index in [2.05, 4.69) is 20.6 Å². The van der Waals surface area contributed by atoms with Crippen LogP contribution in [-0.4, -0.2) is 61.6 Å². The minimum atomic E-state index is -0.678. The van der Waals surface area contributed by atoms with Gasteiger partial charge in [0.1, 0.15) is 6.04 Å². The number of benzene rings is 2. The molecule has 2 aromatic carbocycles. The zero-order valence-electron chi connectivity index (χ0n) is 19.3. The monoisotopic (exact) mass is 483 g/mol. The number of carbonyl (C=O) groups excluding carboxylic acids is 4. The fourth-order valence-corrected chi connectivity index (χ4v) is 4.72. The summed E-state index contributed by atoms with van der Waals surface area (Å²) in [7, 11) is 1.68. The first-order valence-electron chi connectivity index (χ1n) is 11.4. The second-order valence-corrected chi connectivity index (χ2v) is 8.90. The van der Waals surface area contributed by atoms with Gasteiger partial charge in [0.2, 0.25) is 11.8 Å². The van der Waals surface area contributed by atoms with E-state index < -0.39 is 11.9 Å². The quantitative estimate of drug-likeness (QED) is 0.425. The van der Waals surface area contributed by atoms with E-state index in [4.69, 9.17) is 0 Å². The van der Waals surface area contributed by atoms with Crippen molar-refractivity contribution in [2.45, 2.75) is 25.4 Å². The summed E-state index contributed by atoms with van der Waals surface area (Å²) in [5.41, 5.74) is 3.68. The summed E-state index contributed by atoms with van der Waals surface area (Å²) in [5, 5.41) is 11.5. The molecule has 0 saturated carbocycles. The smallest absolute Gasteiger partial charge is 0.280 e. The first-order chi connectivity index (χ1) is 17.4. The average Bonchev–Trinajstić information content (AvgIpc) is 3.62. The lowest BCUT2D eigenvalue weighted by atomic mass is 10.0. The Morgan fingerprint density at radius 3 is 2.81 bits per heavy atom. The highest BCUT2D eigenvalue weighted by Gasteiger charge is 2.39. The number of amides is 4. The van der Waals surface area contributed by atoms with Crippen LogP contribution in [0.25, 0.3) is 16.6 Å². The van der Waals surface area contributed by atoms with Crippen molar-refractivity contribution in [1.29, 1.82) is 0 Å². The predicted molar refractivity (Wildman–Crippen MR) is 128 cm³/mol. The number of nitrogens with one attached hydrogen (secondary N) is 2. The van der Waals surface area contributed by atoms with Gasteiger partial charge >= 0.3 is 0 Å². The van der Waals surface area contributed by atoms with E-state index in [1.165, 1.54) is 14.5 Å². The normalized spacial score (nSPS) is 17.4. The van der Waals surface area contributed by atoms with Crippen LogP contribution in [0.15, 0.2) is 54.9 Å². The van der Waals surface area contributed by atoms with E-state index in [1.807, 2.05) is 30.5 Å². The van der Waals surface area contributed by atoms with E-state index >= 15 is 0 Å². The number of hydrogen-bond acceptors (Lipinski definition) is 6. The summed E-state index contributed by atoms with van der Waals surface area (Å²) in [6.45, 7) is 0.249. The number of fused-ring (bicyclic) bond motifs is 2. The lowest BCUT2D eigenvalue weighted by Crippen LogP contribution is -2.52. The molecule has 11 heteroatoms. The standard InChI is InChI=1S/C25H21N7O4/c1-30(16-3-2-14-8-9-26-19(14)11-16)25(36)20-13-32(29-28-20)17-4-5-18-15(10-17)12-31(24(18)35)21-6-7-22(33)27-23(21)34/h2-5,8-11,13,21,26H,6-7,12H2,1H3,(H,27,33,34). The number of rotatable bonds is 4. The molecule has 2 N–H and O–H groups in total. The van der Waals surface area contributed by atoms with Crippen molar-refractivity contribution in [2.75, 3.05) is 11.9 Å². The molecule has 1 atom stereocenters. The second kappa shape index (κ2) is 8.15. The number of anilines is 1. The van der Waals surface area contributed by atoms with Crippen molar-refractivity contribution < 1.29 is 19.2 Å². The first kappa shape index (κ1) is 21.7. The molecule has 0 aliphatic carbocycles. The Bertz CT molecular complexity index is 1570. The number of nitrogens with zero attached hydrogens (tertiary/aromatic N) is 5. The van der Waals surface area contributed by atoms with Gasteiger partial charge in [-0.05, 0) is 53.8 Å². The Hall–Kier alpha value is -4.80. The summed E-state index contributed by atoms with van der Waals surface area (Å²) in [6.07, 6.45) is 3.89. The fourth-order valence-electron chi connectivity index (χ4n) is 4.72.